The number of hydrogen-bond donors (Lipinski definition) is 0. The number of nitrogens with zero attached hydrogens (tertiary/aromatic N) is 2. The van der Waals surface area contributed by atoms with Gasteiger partial charge in [-0.3, -0.25) is 0 Å². The Morgan fingerprint density at radius 2 is 2.13 bits per heavy atom. The minimum atomic E-state index is -3.62. The first-order valence-electron chi connectivity index (χ1n) is 7.77. The van der Waals surface area contributed by atoms with Gasteiger partial charge in [0.05, 0.1) is 11.7 Å². The molecule has 3 rings (SSSR count). The quantitative estimate of drug-likeness (QED) is 0.779. The molecule has 0 unspecified atom stereocenters. The van der Waals surface area contributed by atoms with Crippen LogP contribution in [-0.2, 0) is 10.0 Å². The summed E-state index contributed by atoms with van der Waals surface area (Å²) >= 11 is 1.90. The van der Waals surface area contributed by atoms with Crippen molar-refractivity contribution in [2.75, 3.05) is 42.6 Å². The molecule has 0 radical (unpaired) electrons. The molecule has 0 amide bonds. The highest BCUT2D eigenvalue weighted by atomic mass is 32.2. The van der Waals surface area contributed by atoms with Crippen LogP contribution in [0.5, 0.6) is 5.75 Å². The molecule has 1 aromatic rings. The molecular formula is C16H22N2O3S2. The summed E-state index contributed by atoms with van der Waals surface area (Å²) in [4.78, 5) is 2.45. The van der Waals surface area contributed by atoms with Crippen LogP contribution in [0.2, 0.25) is 0 Å². The van der Waals surface area contributed by atoms with Crippen molar-refractivity contribution < 1.29 is 13.2 Å². The van der Waals surface area contributed by atoms with Crippen molar-refractivity contribution in [3.63, 3.8) is 0 Å². The molecule has 126 valence electrons. The normalized spacial score (nSPS) is 24.4. The second-order valence-corrected chi connectivity index (χ2v) is 8.78. The van der Waals surface area contributed by atoms with Crippen LogP contribution in [0.4, 0.5) is 5.69 Å². The van der Waals surface area contributed by atoms with E-state index in [1.165, 1.54) is 4.31 Å². The van der Waals surface area contributed by atoms with Gasteiger partial charge < -0.3 is 9.64 Å². The van der Waals surface area contributed by atoms with E-state index >= 15 is 0 Å². The highest BCUT2D eigenvalue weighted by molar-refractivity contribution is 7.99. The lowest BCUT2D eigenvalue weighted by Crippen LogP contribution is -2.41. The Labute approximate surface area is 142 Å². The van der Waals surface area contributed by atoms with E-state index in [9.17, 15) is 8.42 Å². The van der Waals surface area contributed by atoms with E-state index in [1.807, 2.05) is 30.8 Å². The van der Waals surface area contributed by atoms with Crippen molar-refractivity contribution in [3.8, 4) is 5.75 Å². The largest absolute Gasteiger partial charge is 0.490 e. The molecule has 0 aliphatic carbocycles. The van der Waals surface area contributed by atoms with Gasteiger partial charge in [-0.2, -0.15) is 16.1 Å². The number of thioether (sulfide) groups is 1. The highest BCUT2D eigenvalue weighted by Gasteiger charge is 2.37. The van der Waals surface area contributed by atoms with E-state index in [0.717, 1.165) is 30.3 Å². The number of rotatable bonds is 3. The zero-order valence-corrected chi connectivity index (χ0v) is 14.9. The fourth-order valence-corrected chi connectivity index (χ4v) is 5.80. The molecule has 7 heteroatoms. The smallest absolute Gasteiger partial charge is 0.249 e. The van der Waals surface area contributed by atoms with Gasteiger partial charge in [0.25, 0.3) is 0 Å². The molecule has 0 N–H and O–H groups in total. The van der Waals surface area contributed by atoms with Gasteiger partial charge in [0.1, 0.15) is 17.3 Å². The second kappa shape index (κ2) is 6.75. The van der Waals surface area contributed by atoms with E-state index in [1.54, 1.807) is 12.1 Å². The predicted molar refractivity (Wildman–Crippen MR) is 95.0 cm³/mol. The fourth-order valence-electron chi connectivity index (χ4n) is 2.98. The number of anilines is 1. The Morgan fingerprint density at radius 1 is 1.39 bits per heavy atom. The van der Waals surface area contributed by atoms with E-state index in [2.05, 4.69) is 11.5 Å². The number of benzene rings is 1. The minimum absolute atomic E-state index is 0.227. The molecular weight excluding hydrogens is 332 g/mol. The lowest BCUT2D eigenvalue weighted by atomic mass is 10.2. The van der Waals surface area contributed by atoms with Crippen LogP contribution in [0.25, 0.3) is 0 Å². The standard InChI is InChI=1S/C16H22N2O3S2/c1-3-7-18-13(2)12-21-15-6-4-5-14(16(15)23(18,19)20)17-8-10-22-11-9-17/h3-6,13H,1,7-12H2,2H3/t13-/m0/s1. The maximum Gasteiger partial charge on any atom is 0.249 e. The Kier molecular flexibility index (Phi) is 4.89. The first-order chi connectivity index (χ1) is 11.1. The molecule has 1 atom stereocenters. The second-order valence-electron chi connectivity index (χ2n) is 5.73. The van der Waals surface area contributed by atoms with Crippen molar-refractivity contribution in [3.05, 3.63) is 30.9 Å². The zero-order chi connectivity index (χ0) is 16.4. The average molecular weight is 354 g/mol. The third-order valence-corrected chi connectivity index (χ3v) is 7.15. The van der Waals surface area contributed by atoms with Gasteiger partial charge in [-0.1, -0.05) is 12.1 Å². The van der Waals surface area contributed by atoms with Crippen molar-refractivity contribution in [2.45, 2.75) is 17.9 Å². The van der Waals surface area contributed by atoms with Crippen molar-refractivity contribution >= 4 is 27.5 Å². The SMILES string of the molecule is C=CCN1[C@@H](C)COc2cccc(N3CCSCC3)c2S1(=O)=O. The predicted octanol–water partition coefficient (Wildman–Crippen LogP) is 2.20. The molecule has 0 spiro atoms. The van der Waals surface area contributed by atoms with Crippen molar-refractivity contribution in [1.29, 1.82) is 0 Å². The van der Waals surface area contributed by atoms with Crippen LogP contribution in [0, 0.1) is 0 Å². The van der Waals surface area contributed by atoms with Gasteiger partial charge in [-0.15, -0.1) is 6.58 Å². The van der Waals surface area contributed by atoms with Gasteiger partial charge in [0.15, 0.2) is 0 Å². The zero-order valence-electron chi connectivity index (χ0n) is 13.3. The highest BCUT2D eigenvalue weighted by Crippen LogP contribution is 2.39. The third-order valence-electron chi connectivity index (χ3n) is 4.16. The molecule has 1 saturated heterocycles. The topological polar surface area (TPSA) is 49.9 Å². The lowest BCUT2D eigenvalue weighted by Gasteiger charge is -2.31. The molecule has 5 nitrogen and oxygen atoms in total. The lowest BCUT2D eigenvalue weighted by molar-refractivity contribution is 0.232. The van der Waals surface area contributed by atoms with Crippen molar-refractivity contribution in [1.82, 2.24) is 4.31 Å². The minimum Gasteiger partial charge on any atom is -0.490 e. The number of sulfonamides is 1. The summed E-state index contributed by atoms with van der Waals surface area (Å²) < 4.78 is 33.8. The summed E-state index contributed by atoms with van der Waals surface area (Å²) in [5.41, 5.74) is 0.756. The Bertz CT molecular complexity index is 685. The monoisotopic (exact) mass is 354 g/mol. The molecule has 23 heavy (non-hydrogen) atoms. The number of fused-ring (bicyclic) bond motifs is 1. The van der Waals surface area contributed by atoms with E-state index < -0.39 is 10.0 Å². The van der Waals surface area contributed by atoms with Crippen molar-refractivity contribution in [2.24, 2.45) is 0 Å². The summed E-state index contributed by atoms with van der Waals surface area (Å²) in [6, 6.07) is 5.28. The van der Waals surface area contributed by atoms with E-state index in [-0.39, 0.29) is 12.6 Å². The van der Waals surface area contributed by atoms with Crippen LogP contribution in [0.1, 0.15) is 6.92 Å². The molecule has 0 bridgehead atoms. The third kappa shape index (κ3) is 3.09. The maximum absolute atomic E-state index is 13.3. The van der Waals surface area contributed by atoms with Crippen LogP contribution in [-0.4, -0.2) is 56.5 Å². The van der Waals surface area contributed by atoms with Gasteiger partial charge in [0, 0.05) is 31.1 Å². The Morgan fingerprint density at radius 3 is 2.83 bits per heavy atom. The average Bonchev–Trinajstić information content (AvgIpc) is 2.66. The fraction of sp³-hybridized carbons (Fsp3) is 0.500. The van der Waals surface area contributed by atoms with Gasteiger partial charge in [-0.05, 0) is 19.1 Å². The van der Waals surface area contributed by atoms with Crippen LogP contribution in [0.15, 0.2) is 35.7 Å². The van der Waals surface area contributed by atoms with Gasteiger partial charge in [-0.25, -0.2) is 8.42 Å². The summed E-state index contributed by atoms with van der Waals surface area (Å²) in [5.74, 6) is 2.48. The Balaban J connectivity index is 2.13. The molecule has 2 heterocycles. The maximum atomic E-state index is 13.3. The summed E-state index contributed by atoms with van der Waals surface area (Å²) in [7, 11) is -3.62. The van der Waals surface area contributed by atoms with Crippen LogP contribution >= 0.6 is 11.8 Å². The van der Waals surface area contributed by atoms with E-state index in [0.29, 0.717) is 17.3 Å². The van der Waals surface area contributed by atoms with Gasteiger partial charge >= 0.3 is 0 Å². The first kappa shape index (κ1) is 16.7. The van der Waals surface area contributed by atoms with Crippen LogP contribution < -0.4 is 9.64 Å². The molecule has 1 aromatic carbocycles. The molecule has 1 fully saturated rings. The van der Waals surface area contributed by atoms with Gasteiger partial charge in [0.2, 0.25) is 10.0 Å². The summed E-state index contributed by atoms with van der Waals surface area (Å²) in [6.07, 6.45) is 1.62. The number of hydrogen-bond acceptors (Lipinski definition) is 5. The first-order valence-corrected chi connectivity index (χ1v) is 10.4. The Hall–Kier alpha value is -1.18. The molecule has 2 aliphatic rings. The molecule has 2 aliphatic heterocycles. The molecule has 0 aromatic heterocycles. The van der Waals surface area contributed by atoms with Crippen LogP contribution in [0.3, 0.4) is 0 Å². The number of ether oxygens (including phenoxy) is 1. The van der Waals surface area contributed by atoms with E-state index in [4.69, 9.17) is 4.74 Å². The summed E-state index contributed by atoms with van der Waals surface area (Å²) in [6.45, 7) is 7.90. The molecule has 0 saturated carbocycles. The summed E-state index contributed by atoms with van der Waals surface area (Å²) in [5, 5.41) is 0.